The van der Waals surface area contributed by atoms with Gasteiger partial charge >= 0.3 is 0 Å². The van der Waals surface area contributed by atoms with Crippen molar-refractivity contribution in [2.24, 2.45) is 0 Å². The standard InChI is InChI=1S/C16H11Cl2NO/c1-10-19-15(11-5-3-2-4-6-11)16(20-10)12-7-8-13(17)14(18)9-12/h2-9H,1H3. The number of rotatable bonds is 2. The Morgan fingerprint density at radius 3 is 2.35 bits per heavy atom. The lowest BCUT2D eigenvalue weighted by atomic mass is 10.1. The second kappa shape index (κ2) is 5.31. The first kappa shape index (κ1) is 13.2. The SMILES string of the molecule is Cc1nc(-c2ccccc2)c(-c2ccc(Cl)c(Cl)c2)o1. The van der Waals surface area contributed by atoms with Crippen molar-refractivity contribution >= 4 is 23.2 Å². The number of hydrogen-bond acceptors (Lipinski definition) is 2. The van der Waals surface area contributed by atoms with Gasteiger partial charge in [0.1, 0.15) is 5.69 Å². The Bertz CT molecular complexity index is 750. The van der Waals surface area contributed by atoms with Gasteiger partial charge in [0.15, 0.2) is 11.7 Å². The molecule has 0 atom stereocenters. The molecule has 0 saturated carbocycles. The maximum atomic E-state index is 6.07. The van der Waals surface area contributed by atoms with E-state index in [0.29, 0.717) is 21.7 Å². The van der Waals surface area contributed by atoms with Crippen LogP contribution in [0.15, 0.2) is 52.9 Å². The first-order valence-electron chi connectivity index (χ1n) is 6.13. The topological polar surface area (TPSA) is 26.0 Å². The Morgan fingerprint density at radius 2 is 1.65 bits per heavy atom. The predicted octanol–water partition coefficient (Wildman–Crippen LogP) is 5.62. The van der Waals surface area contributed by atoms with E-state index in [0.717, 1.165) is 16.8 Å². The first-order chi connectivity index (χ1) is 9.65. The molecule has 0 spiro atoms. The van der Waals surface area contributed by atoms with Gasteiger partial charge in [0.05, 0.1) is 10.0 Å². The summed E-state index contributed by atoms with van der Waals surface area (Å²) >= 11 is 12.0. The van der Waals surface area contributed by atoms with Gasteiger partial charge in [0.25, 0.3) is 0 Å². The van der Waals surface area contributed by atoms with Gasteiger partial charge < -0.3 is 4.42 Å². The molecule has 0 fully saturated rings. The molecule has 0 radical (unpaired) electrons. The van der Waals surface area contributed by atoms with Gasteiger partial charge in [-0.3, -0.25) is 0 Å². The Morgan fingerprint density at radius 1 is 0.900 bits per heavy atom. The highest BCUT2D eigenvalue weighted by molar-refractivity contribution is 6.42. The predicted molar refractivity (Wildman–Crippen MR) is 82.1 cm³/mol. The van der Waals surface area contributed by atoms with Crippen molar-refractivity contribution in [3.8, 4) is 22.6 Å². The molecule has 3 rings (SSSR count). The van der Waals surface area contributed by atoms with E-state index in [4.69, 9.17) is 27.6 Å². The van der Waals surface area contributed by atoms with E-state index < -0.39 is 0 Å². The summed E-state index contributed by atoms with van der Waals surface area (Å²) in [7, 11) is 0. The fraction of sp³-hybridized carbons (Fsp3) is 0.0625. The number of benzene rings is 2. The molecule has 0 bridgehead atoms. The van der Waals surface area contributed by atoms with E-state index in [1.807, 2.05) is 43.3 Å². The summed E-state index contributed by atoms with van der Waals surface area (Å²) in [6.45, 7) is 1.83. The average Bonchev–Trinajstić information content (AvgIpc) is 2.85. The minimum atomic E-state index is 0.497. The van der Waals surface area contributed by atoms with Crippen molar-refractivity contribution in [3.05, 3.63) is 64.5 Å². The molecular weight excluding hydrogens is 293 g/mol. The second-order valence-corrected chi connectivity index (χ2v) is 5.22. The molecule has 3 aromatic rings. The maximum Gasteiger partial charge on any atom is 0.192 e. The molecule has 0 saturated heterocycles. The Labute approximate surface area is 127 Å². The largest absolute Gasteiger partial charge is 0.440 e. The molecule has 0 N–H and O–H groups in total. The van der Waals surface area contributed by atoms with E-state index in [1.165, 1.54) is 0 Å². The summed E-state index contributed by atoms with van der Waals surface area (Å²) in [4.78, 5) is 4.47. The van der Waals surface area contributed by atoms with Crippen molar-refractivity contribution in [2.45, 2.75) is 6.92 Å². The van der Waals surface area contributed by atoms with Crippen LogP contribution in [-0.2, 0) is 0 Å². The number of aryl methyl sites for hydroxylation is 1. The van der Waals surface area contributed by atoms with Gasteiger partial charge in [-0.05, 0) is 18.2 Å². The normalized spacial score (nSPS) is 10.8. The number of hydrogen-bond donors (Lipinski definition) is 0. The minimum absolute atomic E-state index is 0.497. The summed E-state index contributed by atoms with van der Waals surface area (Å²) in [5.74, 6) is 1.32. The van der Waals surface area contributed by atoms with Gasteiger partial charge in [0, 0.05) is 18.1 Å². The van der Waals surface area contributed by atoms with Crippen LogP contribution in [-0.4, -0.2) is 4.98 Å². The quantitative estimate of drug-likeness (QED) is 0.613. The van der Waals surface area contributed by atoms with Crippen LogP contribution in [0.5, 0.6) is 0 Å². The molecule has 0 aliphatic rings. The van der Waals surface area contributed by atoms with Gasteiger partial charge in [-0.1, -0.05) is 53.5 Å². The molecule has 100 valence electrons. The molecule has 0 aliphatic carbocycles. The van der Waals surface area contributed by atoms with E-state index in [9.17, 15) is 0 Å². The van der Waals surface area contributed by atoms with E-state index in [1.54, 1.807) is 12.1 Å². The Balaban J connectivity index is 2.17. The van der Waals surface area contributed by atoms with E-state index in [-0.39, 0.29) is 0 Å². The summed E-state index contributed by atoms with van der Waals surface area (Å²) in [5.41, 5.74) is 2.67. The third-order valence-corrected chi connectivity index (χ3v) is 3.70. The summed E-state index contributed by atoms with van der Waals surface area (Å²) in [6, 6.07) is 15.3. The second-order valence-electron chi connectivity index (χ2n) is 4.41. The molecule has 1 aromatic heterocycles. The van der Waals surface area contributed by atoms with Crippen molar-refractivity contribution < 1.29 is 4.42 Å². The van der Waals surface area contributed by atoms with Crippen molar-refractivity contribution in [2.75, 3.05) is 0 Å². The number of nitrogens with zero attached hydrogens (tertiary/aromatic N) is 1. The van der Waals surface area contributed by atoms with Crippen LogP contribution in [0, 0.1) is 6.92 Å². The lowest BCUT2D eigenvalue weighted by molar-refractivity contribution is 0.534. The van der Waals surface area contributed by atoms with Gasteiger partial charge in [-0.15, -0.1) is 0 Å². The number of aromatic nitrogens is 1. The molecule has 0 amide bonds. The molecule has 0 unspecified atom stereocenters. The zero-order valence-corrected chi connectivity index (χ0v) is 12.2. The minimum Gasteiger partial charge on any atom is -0.440 e. The molecule has 4 heteroatoms. The van der Waals surface area contributed by atoms with Gasteiger partial charge in [-0.25, -0.2) is 4.98 Å². The molecular formula is C16H11Cl2NO. The van der Waals surface area contributed by atoms with Gasteiger partial charge in [-0.2, -0.15) is 0 Å². The summed E-state index contributed by atoms with van der Waals surface area (Å²) in [5, 5.41) is 1.02. The fourth-order valence-corrected chi connectivity index (χ4v) is 2.35. The lowest BCUT2D eigenvalue weighted by Gasteiger charge is -2.03. The van der Waals surface area contributed by atoms with Crippen molar-refractivity contribution in [1.29, 1.82) is 0 Å². The lowest BCUT2D eigenvalue weighted by Crippen LogP contribution is -1.82. The molecule has 0 aliphatic heterocycles. The molecule has 20 heavy (non-hydrogen) atoms. The summed E-state index contributed by atoms with van der Waals surface area (Å²) < 4.78 is 5.74. The first-order valence-corrected chi connectivity index (χ1v) is 6.89. The molecule has 2 nitrogen and oxygen atoms in total. The molecule has 1 heterocycles. The highest BCUT2D eigenvalue weighted by Gasteiger charge is 2.15. The van der Waals surface area contributed by atoms with E-state index in [2.05, 4.69) is 4.98 Å². The average molecular weight is 304 g/mol. The van der Waals surface area contributed by atoms with Gasteiger partial charge in [0.2, 0.25) is 0 Å². The van der Waals surface area contributed by atoms with Crippen molar-refractivity contribution in [1.82, 2.24) is 4.98 Å². The summed E-state index contributed by atoms with van der Waals surface area (Å²) in [6.07, 6.45) is 0. The highest BCUT2D eigenvalue weighted by Crippen LogP contribution is 2.35. The monoisotopic (exact) mass is 303 g/mol. The number of oxazole rings is 1. The van der Waals surface area contributed by atoms with E-state index >= 15 is 0 Å². The van der Waals surface area contributed by atoms with Crippen LogP contribution >= 0.6 is 23.2 Å². The van der Waals surface area contributed by atoms with Crippen molar-refractivity contribution in [3.63, 3.8) is 0 Å². The zero-order valence-electron chi connectivity index (χ0n) is 10.7. The van der Waals surface area contributed by atoms with Crippen LogP contribution in [0.1, 0.15) is 5.89 Å². The smallest absolute Gasteiger partial charge is 0.192 e. The molecule has 2 aromatic carbocycles. The van der Waals surface area contributed by atoms with Crippen LogP contribution in [0.2, 0.25) is 10.0 Å². The third-order valence-electron chi connectivity index (χ3n) is 2.96. The highest BCUT2D eigenvalue weighted by atomic mass is 35.5. The van der Waals surface area contributed by atoms with Crippen LogP contribution < -0.4 is 0 Å². The Kier molecular flexibility index (Phi) is 3.51. The zero-order chi connectivity index (χ0) is 14.1. The van der Waals surface area contributed by atoms with Crippen LogP contribution in [0.4, 0.5) is 0 Å². The van der Waals surface area contributed by atoms with Crippen LogP contribution in [0.25, 0.3) is 22.6 Å². The Hall–Kier alpha value is -1.77. The third kappa shape index (κ3) is 2.45. The number of halogens is 2. The maximum absolute atomic E-state index is 6.07. The fourth-order valence-electron chi connectivity index (χ4n) is 2.05. The van der Waals surface area contributed by atoms with Crippen LogP contribution in [0.3, 0.4) is 0 Å².